The molecule has 4 aromatic rings. The maximum absolute atomic E-state index is 14.3. The van der Waals surface area contributed by atoms with Crippen LogP contribution < -0.4 is 16.0 Å². The molecule has 3 saturated heterocycles. The minimum Gasteiger partial charge on any atom is -0.465 e. The van der Waals surface area contributed by atoms with Crippen molar-refractivity contribution in [1.82, 2.24) is 14.7 Å². The number of nitrogens with zero attached hydrogens (tertiary/aromatic N) is 3. The lowest BCUT2D eigenvalue weighted by Crippen LogP contribution is -2.45. The zero-order valence-corrected chi connectivity index (χ0v) is 42.4. The van der Waals surface area contributed by atoms with Gasteiger partial charge in [-0.2, -0.15) is 0 Å². The van der Waals surface area contributed by atoms with Crippen molar-refractivity contribution in [2.75, 3.05) is 56.9 Å². The van der Waals surface area contributed by atoms with E-state index in [1.807, 2.05) is 6.07 Å². The minimum absolute atomic E-state index is 0.00990. The second kappa shape index (κ2) is 23.5. The van der Waals surface area contributed by atoms with E-state index >= 15 is 0 Å². The van der Waals surface area contributed by atoms with Gasteiger partial charge < -0.3 is 49.4 Å². The number of rotatable bonds is 14. The Bertz CT molecular complexity index is 2920. The second-order valence-corrected chi connectivity index (χ2v) is 18.9. The number of hydrogen-bond acceptors (Lipinski definition) is 15. The van der Waals surface area contributed by atoms with Crippen LogP contribution in [0.5, 0.6) is 0 Å². The van der Waals surface area contributed by atoms with Crippen LogP contribution >= 0.6 is 0 Å². The topological polar surface area (TPSA) is 263 Å². The van der Waals surface area contributed by atoms with E-state index in [1.54, 1.807) is 45.0 Å². The number of anilines is 3. The number of carbonyl (C=O) groups is 10. The minimum atomic E-state index is -1.09. The highest BCUT2D eigenvalue weighted by Crippen LogP contribution is 2.31. The Balaban J connectivity index is 1.07. The maximum atomic E-state index is 14.3. The molecule has 3 atom stereocenters. The molecule has 3 heterocycles. The number of likely N-dealkylation sites (tertiary alicyclic amines) is 3. The Morgan fingerprint density at radius 3 is 1.27 bits per heavy atom. The standard InChI is InChI=1S/C54H58N6O15/c1-54(2,3)75-53(70)60-26-12-17-43(60)46(63)56-39-28-33(19-22-36(39)51(68)72-5)48(65)58-24-10-15-41(58)44(61)55-38-27-32(18-21-35(38)50(67)71-4)47(64)59-25-11-16-42(59)45(62)57-40-29-34(20-23-37(40)52(69)73-6)49(66)74-30-31-13-8-7-9-14-31/h7-9,13-14,18-23,27-29,41-43H,10-12,15-17,24-26,30H2,1-6H3,(H,55,61)(H,56,63)(H,57,62)/t41-,42-,43-/m0/s1. The summed E-state index contributed by atoms with van der Waals surface area (Å²) in [5.74, 6) is -6.41. The van der Waals surface area contributed by atoms with Gasteiger partial charge in [-0.3, -0.25) is 28.9 Å². The average molecular weight is 1030 g/mol. The van der Waals surface area contributed by atoms with E-state index in [1.165, 1.54) is 69.3 Å². The largest absolute Gasteiger partial charge is 0.465 e. The average Bonchev–Trinajstić information content (AvgIpc) is 4.22. The van der Waals surface area contributed by atoms with Crippen LogP contribution in [0.15, 0.2) is 84.9 Å². The van der Waals surface area contributed by atoms with Crippen molar-refractivity contribution in [3.05, 3.63) is 124 Å². The van der Waals surface area contributed by atoms with Crippen LogP contribution in [-0.2, 0) is 44.7 Å². The first-order valence-electron chi connectivity index (χ1n) is 24.2. The summed E-state index contributed by atoms with van der Waals surface area (Å²) in [5.41, 5.74) is -0.491. The normalized spacial score (nSPS) is 17.1. The summed E-state index contributed by atoms with van der Waals surface area (Å²) in [5, 5.41) is 8.11. The molecule has 3 aliphatic heterocycles. The van der Waals surface area contributed by atoms with Crippen molar-refractivity contribution in [2.45, 2.75) is 89.6 Å². The van der Waals surface area contributed by atoms with Gasteiger partial charge in [-0.15, -0.1) is 0 Å². The monoisotopic (exact) mass is 1030 g/mol. The van der Waals surface area contributed by atoms with Gasteiger partial charge in [0.15, 0.2) is 0 Å². The van der Waals surface area contributed by atoms with E-state index in [0.29, 0.717) is 25.7 Å². The highest BCUT2D eigenvalue weighted by molar-refractivity contribution is 6.10. The molecule has 21 heteroatoms. The van der Waals surface area contributed by atoms with Crippen LogP contribution in [0.2, 0.25) is 0 Å². The number of hydrogen-bond donors (Lipinski definition) is 3. The zero-order chi connectivity index (χ0) is 54.1. The van der Waals surface area contributed by atoms with Crippen LogP contribution in [0, 0.1) is 0 Å². The molecular formula is C54H58N6O15. The molecule has 0 aromatic heterocycles. The SMILES string of the molecule is COC(=O)c1ccc(C(=O)N2CCC[C@H]2C(=O)Nc2cc(C(=O)N3CCC[C@H]3C(=O)Nc3cc(C(=O)OCc4ccccc4)ccc3C(=O)OC)ccc2C(=O)OC)cc1NC(=O)[C@@H]1CCCN1C(=O)OC(C)(C)C. The van der Waals surface area contributed by atoms with Gasteiger partial charge in [0.1, 0.15) is 30.3 Å². The highest BCUT2D eigenvalue weighted by Gasteiger charge is 2.40. The van der Waals surface area contributed by atoms with Crippen LogP contribution in [0.3, 0.4) is 0 Å². The molecule has 4 aromatic carbocycles. The zero-order valence-electron chi connectivity index (χ0n) is 42.4. The van der Waals surface area contributed by atoms with E-state index in [4.69, 9.17) is 23.7 Å². The van der Waals surface area contributed by atoms with Crippen molar-refractivity contribution in [2.24, 2.45) is 0 Å². The lowest BCUT2D eigenvalue weighted by Gasteiger charge is -2.28. The van der Waals surface area contributed by atoms with Crippen LogP contribution in [0.25, 0.3) is 0 Å². The van der Waals surface area contributed by atoms with Gasteiger partial charge in [0.05, 0.1) is 60.6 Å². The highest BCUT2D eigenvalue weighted by atomic mass is 16.6. The molecule has 0 spiro atoms. The number of carbonyl (C=O) groups excluding carboxylic acids is 10. The number of esters is 4. The molecule has 0 radical (unpaired) electrons. The molecule has 0 unspecified atom stereocenters. The molecule has 0 aliphatic carbocycles. The number of amides is 6. The number of ether oxygens (including phenoxy) is 5. The molecule has 7 rings (SSSR count). The molecule has 394 valence electrons. The van der Waals surface area contributed by atoms with Crippen molar-refractivity contribution in [3.63, 3.8) is 0 Å². The maximum Gasteiger partial charge on any atom is 0.410 e. The van der Waals surface area contributed by atoms with Gasteiger partial charge in [-0.05, 0) is 119 Å². The fourth-order valence-electron chi connectivity index (χ4n) is 9.13. The van der Waals surface area contributed by atoms with E-state index < -0.39 is 83.2 Å². The Labute approximate surface area is 432 Å². The van der Waals surface area contributed by atoms with Gasteiger partial charge in [-0.1, -0.05) is 30.3 Å². The van der Waals surface area contributed by atoms with Crippen LogP contribution in [0.1, 0.15) is 127 Å². The lowest BCUT2D eigenvalue weighted by atomic mass is 10.1. The Kier molecular flexibility index (Phi) is 17.0. The first kappa shape index (κ1) is 54.2. The van der Waals surface area contributed by atoms with Crippen molar-refractivity contribution >= 4 is 76.6 Å². The molecule has 6 amide bonds. The smallest absolute Gasteiger partial charge is 0.410 e. The molecule has 0 bridgehead atoms. The van der Waals surface area contributed by atoms with Crippen LogP contribution in [-0.4, -0.2) is 139 Å². The number of methoxy groups -OCH3 is 3. The second-order valence-electron chi connectivity index (χ2n) is 18.9. The van der Waals surface area contributed by atoms with E-state index in [9.17, 15) is 47.9 Å². The summed E-state index contributed by atoms with van der Waals surface area (Å²) in [6.45, 7) is 5.64. The van der Waals surface area contributed by atoms with Gasteiger partial charge in [-0.25, -0.2) is 24.0 Å². The summed E-state index contributed by atoms with van der Waals surface area (Å²) in [6.07, 6.45) is 1.42. The quantitative estimate of drug-likeness (QED) is 0.0934. The Hall–Kier alpha value is -8.62. The summed E-state index contributed by atoms with van der Waals surface area (Å²) in [7, 11) is 3.46. The lowest BCUT2D eigenvalue weighted by molar-refractivity contribution is -0.120. The molecule has 3 aliphatic rings. The third kappa shape index (κ3) is 12.6. The van der Waals surface area contributed by atoms with Crippen molar-refractivity contribution in [3.8, 4) is 0 Å². The summed E-state index contributed by atoms with van der Waals surface area (Å²) < 4.78 is 25.8. The van der Waals surface area contributed by atoms with Crippen molar-refractivity contribution in [1.29, 1.82) is 0 Å². The predicted octanol–water partition coefficient (Wildman–Crippen LogP) is 6.23. The molecule has 75 heavy (non-hydrogen) atoms. The fraction of sp³-hybridized carbons (Fsp3) is 0.370. The summed E-state index contributed by atoms with van der Waals surface area (Å²) in [6, 6.07) is 17.8. The summed E-state index contributed by atoms with van der Waals surface area (Å²) >= 11 is 0. The molecule has 3 N–H and O–H groups in total. The summed E-state index contributed by atoms with van der Waals surface area (Å²) in [4.78, 5) is 139. The first-order chi connectivity index (χ1) is 35.8. The molecule has 0 saturated carbocycles. The van der Waals surface area contributed by atoms with Gasteiger partial charge in [0.25, 0.3) is 11.8 Å². The predicted molar refractivity (Wildman–Crippen MR) is 269 cm³/mol. The molecule has 21 nitrogen and oxygen atoms in total. The van der Waals surface area contributed by atoms with Crippen molar-refractivity contribution < 1.29 is 71.6 Å². The first-order valence-corrected chi connectivity index (χ1v) is 24.2. The van der Waals surface area contributed by atoms with E-state index in [-0.39, 0.29) is 89.5 Å². The van der Waals surface area contributed by atoms with Gasteiger partial charge in [0, 0.05) is 30.8 Å². The number of benzene rings is 4. The third-order valence-electron chi connectivity index (χ3n) is 12.8. The third-order valence-corrected chi connectivity index (χ3v) is 12.8. The fourth-order valence-corrected chi connectivity index (χ4v) is 9.13. The van der Waals surface area contributed by atoms with Gasteiger partial charge in [0.2, 0.25) is 17.7 Å². The number of nitrogens with one attached hydrogen (secondary N) is 3. The van der Waals surface area contributed by atoms with Gasteiger partial charge >= 0.3 is 30.0 Å². The molecular weight excluding hydrogens is 973 g/mol. The van der Waals surface area contributed by atoms with Crippen LogP contribution in [0.4, 0.5) is 21.9 Å². The van der Waals surface area contributed by atoms with E-state index in [0.717, 1.165) is 26.9 Å². The Morgan fingerprint density at radius 2 is 0.867 bits per heavy atom. The van der Waals surface area contributed by atoms with E-state index in [2.05, 4.69) is 16.0 Å². The molecule has 3 fully saturated rings. The Morgan fingerprint density at radius 1 is 0.493 bits per heavy atom.